The number of unbranched alkanes of at least 4 members (excludes halogenated alkanes) is 2. The predicted molar refractivity (Wildman–Crippen MR) is 121 cm³/mol. The van der Waals surface area contributed by atoms with Crippen LogP contribution < -0.4 is 5.73 Å². The average molecular weight is 403 g/mol. The molecule has 3 aromatic rings. The number of phenols is 1. The number of rotatable bonds is 7. The van der Waals surface area contributed by atoms with Crippen LogP contribution in [0.2, 0.25) is 0 Å². The molecule has 3 N–H and O–H groups in total. The predicted octanol–water partition coefficient (Wildman–Crippen LogP) is 5.54. The van der Waals surface area contributed by atoms with Crippen LogP contribution >= 0.6 is 0 Å². The van der Waals surface area contributed by atoms with E-state index < -0.39 is 5.91 Å². The molecular formula is C26H30N2O2. The largest absolute Gasteiger partial charge is 0.508 e. The lowest BCUT2D eigenvalue weighted by Gasteiger charge is -2.21. The normalized spacial score (nSPS) is 15.3. The van der Waals surface area contributed by atoms with Gasteiger partial charge in [-0.1, -0.05) is 56.2 Å². The van der Waals surface area contributed by atoms with Crippen LogP contribution in [0.1, 0.15) is 71.5 Å². The van der Waals surface area contributed by atoms with E-state index in [-0.39, 0.29) is 11.8 Å². The molecule has 0 saturated carbocycles. The van der Waals surface area contributed by atoms with Gasteiger partial charge in [-0.2, -0.15) is 0 Å². The van der Waals surface area contributed by atoms with Gasteiger partial charge in [-0.3, -0.25) is 4.79 Å². The number of hydrogen-bond donors (Lipinski definition) is 2. The van der Waals surface area contributed by atoms with Crippen molar-refractivity contribution >= 4 is 5.91 Å². The maximum Gasteiger partial charge on any atom is 0.251 e. The summed E-state index contributed by atoms with van der Waals surface area (Å²) in [5, 5.41) is 10.1. The second kappa shape index (κ2) is 8.39. The highest BCUT2D eigenvalue weighted by atomic mass is 16.3. The van der Waals surface area contributed by atoms with E-state index in [0.29, 0.717) is 5.56 Å². The molecule has 1 unspecified atom stereocenters. The summed E-state index contributed by atoms with van der Waals surface area (Å²) in [6.07, 6.45) is 6.27. The van der Waals surface area contributed by atoms with E-state index in [0.717, 1.165) is 61.0 Å². The minimum Gasteiger partial charge on any atom is -0.508 e. The van der Waals surface area contributed by atoms with Crippen LogP contribution in [0.5, 0.6) is 5.75 Å². The van der Waals surface area contributed by atoms with Gasteiger partial charge in [-0.25, -0.2) is 0 Å². The summed E-state index contributed by atoms with van der Waals surface area (Å²) in [5.74, 6) is -0.216. The second-order valence-electron chi connectivity index (χ2n) is 8.28. The summed E-state index contributed by atoms with van der Waals surface area (Å²) in [4.78, 5) is 12.6. The number of fused-ring (bicyclic) bond motifs is 1. The fourth-order valence-electron chi connectivity index (χ4n) is 5.06. The SMILES string of the molecule is CCCCCc1c(-c2cccc(O)c2)c(C(N)=O)c(C)n1C1CCc2ccccc21. The van der Waals surface area contributed by atoms with E-state index in [1.807, 2.05) is 19.1 Å². The van der Waals surface area contributed by atoms with E-state index in [2.05, 4.69) is 35.8 Å². The van der Waals surface area contributed by atoms with Gasteiger partial charge in [0.15, 0.2) is 0 Å². The first-order chi connectivity index (χ1) is 14.5. The van der Waals surface area contributed by atoms with Gasteiger partial charge < -0.3 is 15.4 Å². The first-order valence-electron chi connectivity index (χ1n) is 10.9. The highest BCUT2D eigenvalue weighted by Gasteiger charge is 2.31. The number of nitrogens with two attached hydrogens (primary N) is 1. The molecule has 0 bridgehead atoms. The topological polar surface area (TPSA) is 68.2 Å². The van der Waals surface area contributed by atoms with Crippen LogP contribution in [0.3, 0.4) is 0 Å². The molecule has 1 heterocycles. The molecule has 0 fully saturated rings. The number of hydrogen-bond acceptors (Lipinski definition) is 2. The maximum absolute atomic E-state index is 12.6. The monoisotopic (exact) mass is 402 g/mol. The van der Waals surface area contributed by atoms with Crippen molar-refractivity contribution in [1.82, 2.24) is 4.57 Å². The molecular weight excluding hydrogens is 372 g/mol. The van der Waals surface area contributed by atoms with Gasteiger partial charge >= 0.3 is 0 Å². The zero-order valence-electron chi connectivity index (χ0n) is 17.8. The van der Waals surface area contributed by atoms with Crippen LogP contribution in [0.25, 0.3) is 11.1 Å². The summed E-state index contributed by atoms with van der Waals surface area (Å²) >= 11 is 0. The molecule has 0 spiro atoms. The molecule has 0 radical (unpaired) electrons. The standard InChI is InChI=1S/C26H30N2O2/c1-3-4-5-13-23-25(19-10-8-11-20(29)16-19)24(26(27)30)17(2)28(23)22-15-14-18-9-6-7-12-21(18)22/h6-12,16,22,29H,3-5,13-15H2,1-2H3,(H2,27,30). The molecule has 1 aromatic heterocycles. The zero-order valence-corrected chi connectivity index (χ0v) is 17.8. The quantitative estimate of drug-likeness (QED) is 0.510. The van der Waals surface area contributed by atoms with Crippen molar-refractivity contribution in [2.75, 3.05) is 0 Å². The smallest absolute Gasteiger partial charge is 0.251 e. The zero-order chi connectivity index (χ0) is 21.3. The Kier molecular flexibility index (Phi) is 5.67. The van der Waals surface area contributed by atoms with Gasteiger partial charge in [0.1, 0.15) is 5.75 Å². The molecule has 156 valence electrons. The number of aryl methyl sites for hydroxylation is 1. The van der Waals surface area contributed by atoms with Gasteiger partial charge in [0, 0.05) is 17.0 Å². The molecule has 4 heteroatoms. The fraction of sp³-hybridized carbons (Fsp3) is 0.346. The lowest BCUT2D eigenvalue weighted by atomic mass is 9.97. The van der Waals surface area contributed by atoms with Crippen molar-refractivity contribution in [2.45, 2.75) is 58.4 Å². The highest BCUT2D eigenvalue weighted by Crippen LogP contribution is 2.42. The van der Waals surface area contributed by atoms with E-state index in [1.54, 1.807) is 12.1 Å². The molecule has 0 aliphatic heterocycles. The maximum atomic E-state index is 12.6. The van der Waals surface area contributed by atoms with E-state index in [4.69, 9.17) is 5.73 Å². The van der Waals surface area contributed by atoms with Crippen molar-refractivity contribution in [3.05, 3.63) is 76.6 Å². The first-order valence-corrected chi connectivity index (χ1v) is 10.9. The van der Waals surface area contributed by atoms with Crippen molar-refractivity contribution in [3.8, 4) is 16.9 Å². The Hall–Kier alpha value is -3.01. The van der Waals surface area contributed by atoms with Gasteiger partial charge in [0.05, 0.1) is 11.6 Å². The number of phenolic OH excluding ortho intramolecular Hbond substituents is 1. The third kappa shape index (κ3) is 3.51. The lowest BCUT2D eigenvalue weighted by molar-refractivity contribution is 0.1000. The molecule has 1 amide bonds. The number of carbonyl (C=O) groups excluding carboxylic acids is 1. The van der Waals surface area contributed by atoms with Gasteiger partial charge in [-0.05, 0) is 61.4 Å². The third-order valence-corrected chi connectivity index (χ3v) is 6.36. The summed E-state index contributed by atoms with van der Waals surface area (Å²) < 4.78 is 2.36. The molecule has 1 aliphatic rings. The van der Waals surface area contributed by atoms with E-state index in [1.165, 1.54) is 11.1 Å². The Labute approximate surface area is 178 Å². The number of aromatic nitrogens is 1. The number of amides is 1. The minimum absolute atomic E-state index is 0.194. The number of primary amides is 1. The third-order valence-electron chi connectivity index (χ3n) is 6.36. The van der Waals surface area contributed by atoms with Crippen LogP contribution in [-0.4, -0.2) is 15.6 Å². The Bertz CT molecular complexity index is 1080. The molecule has 4 rings (SSSR count). The van der Waals surface area contributed by atoms with Crippen LogP contribution in [0, 0.1) is 6.92 Å². The molecule has 30 heavy (non-hydrogen) atoms. The van der Waals surface area contributed by atoms with Crippen LogP contribution in [0.4, 0.5) is 0 Å². The van der Waals surface area contributed by atoms with Crippen molar-refractivity contribution in [1.29, 1.82) is 0 Å². The summed E-state index contributed by atoms with van der Waals surface area (Å²) in [6, 6.07) is 16.0. The molecule has 1 atom stereocenters. The lowest BCUT2D eigenvalue weighted by Crippen LogP contribution is -2.15. The summed E-state index contributed by atoms with van der Waals surface area (Å²) in [5.41, 5.74) is 13.0. The minimum atomic E-state index is -0.410. The van der Waals surface area contributed by atoms with Gasteiger partial charge in [0.2, 0.25) is 0 Å². The molecule has 0 saturated heterocycles. The van der Waals surface area contributed by atoms with Crippen molar-refractivity contribution < 1.29 is 9.90 Å². The average Bonchev–Trinajstić information content (AvgIpc) is 3.26. The number of aromatic hydroxyl groups is 1. The Balaban J connectivity index is 1.96. The Morgan fingerprint density at radius 3 is 2.70 bits per heavy atom. The summed E-state index contributed by atoms with van der Waals surface area (Å²) in [7, 11) is 0. The van der Waals surface area contributed by atoms with Crippen LogP contribution in [0.15, 0.2) is 48.5 Å². The van der Waals surface area contributed by atoms with Gasteiger partial charge in [0.25, 0.3) is 5.91 Å². The summed E-state index contributed by atoms with van der Waals surface area (Å²) in [6.45, 7) is 4.21. The second-order valence-corrected chi connectivity index (χ2v) is 8.28. The number of carbonyl (C=O) groups is 1. The van der Waals surface area contributed by atoms with Gasteiger partial charge in [-0.15, -0.1) is 0 Å². The van der Waals surface area contributed by atoms with E-state index in [9.17, 15) is 9.90 Å². The first kappa shape index (κ1) is 20.3. The molecule has 1 aliphatic carbocycles. The van der Waals surface area contributed by atoms with Crippen LogP contribution in [-0.2, 0) is 12.8 Å². The van der Waals surface area contributed by atoms with E-state index >= 15 is 0 Å². The Morgan fingerprint density at radius 1 is 1.17 bits per heavy atom. The number of nitrogens with zero attached hydrogens (tertiary/aromatic N) is 1. The van der Waals surface area contributed by atoms with Crippen molar-refractivity contribution in [2.24, 2.45) is 5.73 Å². The highest BCUT2D eigenvalue weighted by molar-refractivity contribution is 6.02. The molecule has 2 aromatic carbocycles. The number of benzene rings is 2. The van der Waals surface area contributed by atoms with Crippen molar-refractivity contribution in [3.63, 3.8) is 0 Å². The Morgan fingerprint density at radius 2 is 1.97 bits per heavy atom. The fourth-order valence-corrected chi connectivity index (χ4v) is 5.06. The molecule has 4 nitrogen and oxygen atoms in total.